The Hall–Kier alpha value is -1.18. The first kappa shape index (κ1) is 20.1. The number of carbonyl (C=O) groups excluding carboxylic acids is 1. The summed E-state index contributed by atoms with van der Waals surface area (Å²) >= 11 is 5.70. The fourth-order valence-electron chi connectivity index (χ4n) is 5.62. The van der Waals surface area contributed by atoms with Gasteiger partial charge in [0, 0.05) is 11.1 Å². The summed E-state index contributed by atoms with van der Waals surface area (Å²) in [4.78, 5) is 12.4. The van der Waals surface area contributed by atoms with E-state index in [2.05, 4.69) is 10.0 Å². The Balaban J connectivity index is 1.48. The van der Waals surface area contributed by atoms with E-state index in [0.717, 1.165) is 49.7 Å². The molecule has 0 aromatic heterocycles. The molecule has 0 unspecified atom stereocenters. The van der Waals surface area contributed by atoms with Crippen LogP contribution in [0.15, 0.2) is 23.1 Å². The van der Waals surface area contributed by atoms with Crippen molar-refractivity contribution in [2.24, 2.45) is 23.7 Å². The molecule has 4 bridgehead atoms. The molecule has 4 saturated carbocycles. The largest absolute Gasteiger partial charge is 0.351 e. The maximum Gasteiger partial charge on any atom is 0.244 e. The minimum Gasteiger partial charge on any atom is -0.351 e. The average molecular weight is 429 g/mol. The van der Waals surface area contributed by atoms with Crippen molar-refractivity contribution in [3.05, 3.63) is 29.0 Å². The van der Waals surface area contributed by atoms with Crippen molar-refractivity contribution in [2.45, 2.75) is 62.4 Å². The number of halogens is 2. The molecule has 0 radical (unpaired) electrons. The van der Waals surface area contributed by atoms with Gasteiger partial charge in [-0.3, -0.25) is 4.79 Å². The summed E-state index contributed by atoms with van der Waals surface area (Å²) in [5.74, 6) is 1.23. The maximum atomic E-state index is 14.1. The second-order valence-corrected chi connectivity index (χ2v) is 11.3. The lowest BCUT2D eigenvalue weighted by Gasteiger charge is -2.54. The molecule has 154 valence electrons. The van der Waals surface area contributed by atoms with Crippen LogP contribution in [0.25, 0.3) is 0 Å². The summed E-state index contributed by atoms with van der Waals surface area (Å²) in [6, 6.07) is 3.46. The summed E-state index contributed by atoms with van der Waals surface area (Å²) in [5.41, 5.74) is -1.40. The fraction of sp³-hybridized carbons (Fsp3) is 0.650. The third-order valence-corrected chi connectivity index (χ3v) is 8.59. The first-order chi connectivity index (χ1) is 13.0. The molecule has 0 spiro atoms. The first-order valence-corrected chi connectivity index (χ1v) is 11.7. The van der Waals surface area contributed by atoms with Crippen LogP contribution >= 0.6 is 11.6 Å². The SMILES string of the molecule is CC(C)(NS(=O)(=O)c1ccc(Cl)cc1F)C(=O)NC1C2CC3CC(C2)CC1C3. The Labute approximate surface area is 170 Å². The molecule has 4 aliphatic rings. The average Bonchev–Trinajstić information content (AvgIpc) is 2.55. The topological polar surface area (TPSA) is 75.3 Å². The van der Waals surface area contributed by atoms with E-state index in [0.29, 0.717) is 11.8 Å². The van der Waals surface area contributed by atoms with E-state index in [-0.39, 0.29) is 17.0 Å². The van der Waals surface area contributed by atoms with Crippen LogP contribution in [0.4, 0.5) is 4.39 Å². The van der Waals surface area contributed by atoms with Crippen LogP contribution in [0.5, 0.6) is 0 Å². The van der Waals surface area contributed by atoms with Crippen LogP contribution < -0.4 is 10.0 Å². The fourth-order valence-corrected chi connectivity index (χ4v) is 7.22. The lowest BCUT2D eigenvalue weighted by Crippen LogP contribution is -2.62. The second-order valence-electron chi connectivity index (χ2n) is 9.24. The molecule has 5 rings (SSSR count). The minimum absolute atomic E-state index is 0.107. The van der Waals surface area contributed by atoms with E-state index in [9.17, 15) is 17.6 Å². The smallest absolute Gasteiger partial charge is 0.244 e. The molecule has 2 N–H and O–H groups in total. The van der Waals surface area contributed by atoms with Crippen LogP contribution in [0.1, 0.15) is 46.0 Å². The maximum absolute atomic E-state index is 14.1. The van der Waals surface area contributed by atoms with Crippen molar-refractivity contribution < 1.29 is 17.6 Å². The molecule has 28 heavy (non-hydrogen) atoms. The summed E-state index contributed by atoms with van der Waals surface area (Å²) in [6.07, 6.45) is 5.94. The Morgan fingerprint density at radius 1 is 1.11 bits per heavy atom. The lowest BCUT2D eigenvalue weighted by atomic mass is 9.54. The number of hydrogen-bond acceptors (Lipinski definition) is 3. The molecule has 1 amide bonds. The number of amides is 1. The van der Waals surface area contributed by atoms with Gasteiger partial charge in [-0.25, -0.2) is 12.8 Å². The first-order valence-electron chi connectivity index (χ1n) is 9.85. The van der Waals surface area contributed by atoms with Gasteiger partial charge in [0.1, 0.15) is 16.3 Å². The zero-order valence-corrected chi connectivity index (χ0v) is 17.6. The summed E-state index contributed by atoms with van der Waals surface area (Å²) in [7, 11) is -4.22. The van der Waals surface area contributed by atoms with Crippen molar-refractivity contribution in [1.82, 2.24) is 10.0 Å². The highest BCUT2D eigenvalue weighted by molar-refractivity contribution is 7.89. The van der Waals surface area contributed by atoms with Crippen LogP contribution in [-0.4, -0.2) is 25.9 Å². The molecule has 8 heteroatoms. The second kappa shape index (κ2) is 6.96. The Kier molecular flexibility index (Phi) is 5.00. The molecular weight excluding hydrogens is 403 g/mol. The number of sulfonamides is 1. The van der Waals surface area contributed by atoms with Gasteiger partial charge in [0.25, 0.3) is 0 Å². The predicted molar refractivity (Wildman–Crippen MR) is 105 cm³/mol. The van der Waals surface area contributed by atoms with Crippen LogP contribution in [0, 0.1) is 29.5 Å². The van der Waals surface area contributed by atoms with Gasteiger partial charge in [-0.1, -0.05) is 11.6 Å². The molecule has 0 saturated heterocycles. The van der Waals surface area contributed by atoms with Gasteiger partial charge in [-0.05, 0) is 87.8 Å². The normalized spacial score (nSPS) is 31.8. The van der Waals surface area contributed by atoms with Gasteiger partial charge in [0.2, 0.25) is 15.9 Å². The number of rotatable bonds is 5. The third kappa shape index (κ3) is 3.68. The molecular formula is C20H26ClFN2O3S. The van der Waals surface area contributed by atoms with E-state index >= 15 is 0 Å². The van der Waals surface area contributed by atoms with Crippen LogP contribution in [0.2, 0.25) is 5.02 Å². The van der Waals surface area contributed by atoms with Gasteiger partial charge >= 0.3 is 0 Å². The zero-order chi connectivity index (χ0) is 20.3. The van der Waals surface area contributed by atoms with E-state index in [1.165, 1.54) is 26.3 Å². The predicted octanol–water partition coefficient (Wildman–Crippen LogP) is 3.48. The number of carbonyl (C=O) groups is 1. The molecule has 4 fully saturated rings. The van der Waals surface area contributed by atoms with Crippen molar-refractivity contribution in [3.63, 3.8) is 0 Å². The van der Waals surface area contributed by atoms with E-state index in [1.54, 1.807) is 0 Å². The van der Waals surface area contributed by atoms with Gasteiger partial charge in [0.05, 0.1) is 0 Å². The van der Waals surface area contributed by atoms with Crippen molar-refractivity contribution in [2.75, 3.05) is 0 Å². The third-order valence-electron chi connectivity index (χ3n) is 6.67. The van der Waals surface area contributed by atoms with E-state index in [4.69, 9.17) is 11.6 Å². The Morgan fingerprint density at radius 3 is 2.21 bits per heavy atom. The summed E-state index contributed by atoms with van der Waals surface area (Å²) < 4.78 is 41.7. The molecule has 0 atom stereocenters. The Bertz CT molecular complexity index is 875. The van der Waals surface area contributed by atoms with Gasteiger partial charge in [-0.15, -0.1) is 0 Å². The van der Waals surface area contributed by atoms with E-state index < -0.39 is 26.3 Å². The minimum atomic E-state index is -4.22. The Morgan fingerprint density at radius 2 is 1.68 bits per heavy atom. The molecule has 0 heterocycles. The van der Waals surface area contributed by atoms with Crippen molar-refractivity contribution in [1.29, 1.82) is 0 Å². The quantitative estimate of drug-likeness (QED) is 0.753. The van der Waals surface area contributed by atoms with Crippen LogP contribution in [-0.2, 0) is 14.8 Å². The van der Waals surface area contributed by atoms with Crippen molar-refractivity contribution >= 4 is 27.5 Å². The standard InChI is InChI=1S/C20H26ClFN2O3S/c1-20(2,24-28(26,27)17-4-3-15(21)10-16(17)22)19(25)23-18-13-6-11-5-12(8-13)9-14(18)7-11/h3-4,10-14,18,24H,5-9H2,1-2H3,(H,23,25). The van der Waals surface area contributed by atoms with Crippen LogP contribution in [0.3, 0.4) is 0 Å². The number of hydrogen-bond donors (Lipinski definition) is 2. The highest BCUT2D eigenvalue weighted by atomic mass is 35.5. The van der Waals surface area contributed by atoms with Gasteiger partial charge < -0.3 is 5.32 Å². The molecule has 5 nitrogen and oxygen atoms in total. The van der Waals surface area contributed by atoms with Crippen molar-refractivity contribution in [3.8, 4) is 0 Å². The highest BCUT2D eigenvalue weighted by Crippen LogP contribution is 2.53. The molecule has 1 aromatic carbocycles. The summed E-state index contributed by atoms with van der Waals surface area (Å²) in [6.45, 7) is 3.01. The molecule has 0 aliphatic heterocycles. The number of benzene rings is 1. The van der Waals surface area contributed by atoms with E-state index in [1.807, 2.05) is 0 Å². The zero-order valence-electron chi connectivity index (χ0n) is 16.0. The monoisotopic (exact) mass is 428 g/mol. The highest BCUT2D eigenvalue weighted by Gasteiger charge is 2.49. The van der Waals surface area contributed by atoms with Gasteiger partial charge in [-0.2, -0.15) is 4.72 Å². The number of nitrogens with one attached hydrogen (secondary N) is 2. The van der Waals surface area contributed by atoms with Gasteiger partial charge in [0.15, 0.2) is 0 Å². The lowest BCUT2D eigenvalue weighted by molar-refractivity contribution is -0.129. The summed E-state index contributed by atoms with van der Waals surface area (Å²) in [5, 5.41) is 3.23. The molecule has 4 aliphatic carbocycles. The molecule has 1 aromatic rings.